The molecular formula is C10H24OSSi. The van der Waals surface area contributed by atoms with Crippen LogP contribution in [0.1, 0.15) is 27.7 Å². The molecule has 0 aromatic carbocycles. The molecule has 0 fully saturated rings. The van der Waals surface area contributed by atoms with E-state index in [4.69, 9.17) is 4.43 Å². The summed E-state index contributed by atoms with van der Waals surface area (Å²) in [7, 11) is -1.52. The molecule has 0 aromatic rings. The summed E-state index contributed by atoms with van der Waals surface area (Å²) in [4.78, 5) is 0. The number of rotatable bonds is 4. The Morgan fingerprint density at radius 3 is 2.08 bits per heavy atom. The maximum atomic E-state index is 6.16. The minimum Gasteiger partial charge on any atom is -0.413 e. The Labute approximate surface area is 88.8 Å². The van der Waals surface area contributed by atoms with Crippen LogP contribution >= 0.6 is 11.8 Å². The molecule has 0 saturated carbocycles. The van der Waals surface area contributed by atoms with Crippen molar-refractivity contribution in [1.29, 1.82) is 0 Å². The van der Waals surface area contributed by atoms with Crippen LogP contribution in [0, 0.1) is 0 Å². The van der Waals surface area contributed by atoms with Crippen LogP contribution in [-0.2, 0) is 4.43 Å². The zero-order chi connectivity index (χ0) is 10.7. The Hall–Kier alpha value is 0.527. The normalized spacial score (nSPS) is 15.9. The second-order valence-corrected chi connectivity index (χ2v) is 10.8. The average Bonchev–Trinajstić information content (AvgIpc) is 1.83. The fourth-order valence-corrected chi connectivity index (χ4v) is 3.05. The molecular weight excluding hydrogens is 196 g/mol. The molecule has 0 bridgehead atoms. The molecule has 0 spiro atoms. The van der Waals surface area contributed by atoms with Crippen LogP contribution in [0.2, 0.25) is 18.1 Å². The number of thioether (sulfide) groups is 1. The maximum Gasteiger partial charge on any atom is 0.192 e. The summed E-state index contributed by atoms with van der Waals surface area (Å²) < 4.78 is 6.16. The smallest absolute Gasteiger partial charge is 0.192 e. The molecule has 3 heteroatoms. The van der Waals surface area contributed by atoms with Crippen molar-refractivity contribution in [2.75, 3.05) is 12.0 Å². The standard InChI is InChI=1S/C10H24OSSi/c1-9(8-12-5)11-13(6,7)10(2,3)4/h9H,8H2,1-7H3/t9-/m1/s1. The lowest BCUT2D eigenvalue weighted by atomic mass is 10.2. The number of hydrogen-bond acceptors (Lipinski definition) is 2. The van der Waals surface area contributed by atoms with Gasteiger partial charge >= 0.3 is 0 Å². The predicted octanol–water partition coefficient (Wildman–Crippen LogP) is 3.76. The van der Waals surface area contributed by atoms with Crippen molar-refractivity contribution in [1.82, 2.24) is 0 Å². The van der Waals surface area contributed by atoms with E-state index < -0.39 is 8.32 Å². The van der Waals surface area contributed by atoms with Crippen LogP contribution in [0.4, 0.5) is 0 Å². The van der Waals surface area contributed by atoms with Gasteiger partial charge < -0.3 is 4.43 Å². The molecule has 0 N–H and O–H groups in total. The Balaban J connectivity index is 4.17. The fourth-order valence-electron chi connectivity index (χ4n) is 0.948. The van der Waals surface area contributed by atoms with Crippen LogP contribution in [0.15, 0.2) is 0 Å². The first-order valence-electron chi connectivity index (χ1n) is 4.87. The highest BCUT2D eigenvalue weighted by Crippen LogP contribution is 2.37. The second-order valence-electron chi connectivity index (χ2n) is 5.14. The summed E-state index contributed by atoms with van der Waals surface area (Å²) in [6, 6.07) is 0. The third kappa shape index (κ3) is 4.52. The molecule has 0 aliphatic rings. The van der Waals surface area contributed by atoms with Crippen LogP contribution in [0.25, 0.3) is 0 Å². The molecule has 1 nitrogen and oxygen atoms in total. The quantitative estimate of drug-likeness (QED) is 0.667. The first-order valence-corrected chi connectivity index (χ1v) is 9.17. The van der Waals surface area contributed by atoms with Gasteiger partial charge in [-0.15, -0.1) is 0 Å². The molecule has 0 radical (unpaired) electrons. The topological polar surface area (TPSA) is 9.23 Å². The van der Waals surface area contributed by atoms with Gasteiger partial charge in [-0.3, -0.25) is 0 Å². The van der Waals surface area contributed by atoms with Crippen molar-refractivity contribution in [3.63, 3.8) is 0 Å². The predicted molar refractivity (Wildman–Crippen MR) is 66.1 cm³/mol. The molecule has 0 aromatic heterocycles. The van der Waals surface area contributed by atoms with E-state index in [1.165, 1.54) is 0 Å². The van der Waals surface area contributed by atoms with Crippen molar-refractivity contribution in [3.05, 3.63) is 0 Å². The Morgan fingerprint density at radius 2 is 1.77 bits per heavy atom. The van der Waals surface area contributed by atoms with E-state index >= 15 is 0 Å². The van der Waals surface area contributed by atoms with Gasteiger partial charge in [-0.05, 0) is 31.3 Å². The van der Waals surface area contributed by atoms with E-state index in [9.17, 15) is 0 Å². The van der Waals surface area contributed by atoms with E-state index in [0.717, 1.165) is 5.75 Å². The molecule has 13 heavy (non-hydrogen) atoms. The van der Waals surface area contributed by atoms with Gasteiger partial charge in [0.1, 0.15) is 0 Å². The van der Waals surface area contributed by atoms with E-state index in [0.29, 0.717) is 11.1 Å². The summed E-state index contributed by atoms with van der Waals surface area (Å²) in [6.07, 6.45) is 2.53. The van der Waals surface area contributed by atoms with Crippen LogP contribution < -0.4 is 0 Å². The first kappa shape index (κ1) is 13.5. The largest absolute Gasteiger partial charge is 0.413 e. The third-order valence-corrected chi connectivity index (χ3v) is 8.11. The van der Waals surface area contributed by atoms with Crippen LogP contribution in [0.5, 0.6) is 0 Å². The second kappa shape index (κ2) is 4.85. The lowest BCUT2D eigenvalue weighted by molar-refractivity contribution is 0.222. The lowest BCUT2D eigenvalue weighted by Crippen LogP contribution is -2.43. The van der Waals surface area contributed by atoms with Crippen molar-refractivity contribution in [2.24, 2.45) is 0 Å². The Morgan fingerprint density at radius 1 is 1.31 bits per heavy atom. The third-order valence-electron chi connectivity index (χ3n) is 2.70. The van der Waals surface area contributed by atoms with Crippen LogP contribution in [0.3, 0.4) is 0 Å². The Bertz CT molecular complexity index is 151. The summed E-state index contributed by atoms with van der Waals surface area (Å²) in [5, 5.41) is 0.333. The minimum atomic E-state index is -1.52. The fraction of sp³-hybridized carbons (Fsp3) is 1.00. The van der Waals surface area contributed by atoms with Gasteiger partial charge in [-0.25, -0.2) is 0 Å². The monoisotopic (exact) mass is 220 g/mol. The zero-order valence-electron chi connectivity index (χ0n) is 10.1. The summed E-state index contributed by atoms with van der Waals surface area (Å²) >= 11 is 1.86. The molecule has 80 valence electrons. The summed E-state index contributed by atoms with van der Waals surface area (Å²) in [6.45, 7) is 13.6. The summed E-state index contributed by atoms with van der Waals surface area (Å²) in [5.74, 6) is 1.10. The van der Waals surface area contributed by atoms with E-state index in [-0.39, 0.29) is 0 Å². The van der Waals surface area contributed by atoms with Crippen molar-refractivity contribution < 1.29 is 4.43 Å². The van der Waals surface area contributed by atoms with Gasteiger partial charge in [0, 0.05) is 5.75 Å². The molecule has 0 unspecified atom stereocenters. The van der Waals surface area contributed by atoms with Gasteiger partial charge in [-0.1, -0.05) is 20.8 Å². The SMILES string of the molecule is CSC[C@@H](C)O[Si](C)(C)C(C)(C)C. The highest BCUT2D eigenvalue weighted by atomic mass is 32.2. The summed E-state index contributed by atoms with van der Waals surface area (Å²) in [5.41, 5.74) is 0. The van der Waals surface area contributed by atoms with Gasteiger partial charge in [0.15, 0.2) is 8.32 Å². The zero-order valence-corrected chi connectivity index (χ0v) is 11.9. The van der Waals surface area contributed by atoms with Gasteiger partial charge in [0.2, 0.25) is 0 Å². The highest BCUT2D eigenvalue weighted by Gasteiger charge is 2.38. The molecule has 0 amide bonds. The number of hydrogen-bond donors (Lipinski definition) is 0. The maximum absolute atomic E-state index is 6.16. The molecule has 0 heterocycles. The van der Waals surface area contributed by atoms with Gasteiger partial charge in [0.25, 0.3) is 0 Å². The van der Waals surface area contributed by atoms with Gasteiger partial charge in [0.05, 0.1) is 6.10 Å². The molecule has 0 saturated heterocycles. The molecule has 0 aliphatic heterocycles. The average molecular weight is 220 g/mol. The first-order chi connectivity index (χ1) is 5.70. The van der Waals surface area contributed by atoms with Crippen LogP contribution in [-0.4, -0.2) is 26.4 Å². The highest BCUT2D eigenvalue weighted by molar-refractivity contribution is 7.98. The Kier molecular flexibility index (Phi) is 5.05. The molecule has 0 rings (SSSR count). The van der Waals surface area contributed by atoms with Crippen molar-refractivity contribution in [2.45, 2.75) is 51.9 Å². The van der Waals surface area contributed by atoms with E-state index in [2.05, 4.69) is 47.0 Å². The van der Waals surface area contributed by atoms with Gasteiger partial charge in [-0.2, -0.15) is 11.8 Å². The van der Waals surface area contributed by atoms with E-state index in [1.807, 2.05) is 11.8 Å². The van der Waals surface area contributed by atoms with Crippen molar-refractivity contribution in [3.8, 4) is 0 Å². The van der Waals surface area contributed by atoms with Crippen molar-refractivity contribution >= 4 is 20.1 Å². The van der Waals surface area contributed by atoms with E-state index in [1.54, 1.807) is 0 Å². The lowest BCUT2D eigenvalue weighted by Gasteiger charge is -2.38. The minimum absolute atomic E-state index is 0.333. The molecule has 0 aliphatic carbocycles. The molecule has 1 atom stereocenters.